The van der Waals surface area contributed by atoms with Gasteiger partial charge in [-0.05, 0) is 107 Å². The number of ether oxygens (including phenoxy) is 4. The summed E-state index contributed by atoms with van der Waals surface area (Å²) in [4.78, 5) is 228. The zero-order valence-electron chi connectivity index (χ0n) is 71.5. The summed E-state index contributed by atoms with van der Waals surface area (Å²) < 4.78 is 20.9. The van der Waals surface area contributed by atoms with Crippen LogP contribution in [0.1, 0.15) is 149 Å². The van der Waals surface area contributed by atoms with Gasteiger partial charge in [0.1, 0.15) is 66.8 Å². The first-order valence-corrected chi connectivity index (χ1v) is 39.3. The van der Waals surface area contributed by atoms with Gasteiger partial charge in [0.25, 0.3) is 47.3 Å². The Morgan fingerprint density at radius 1 is 0.444 bits per heavy atom. The summed E-state index contributed by atoms with van der Waals surface area (Å²) in [6.07, 6.45) is 15.2. The summed E-state index contributed by atoms with van der Waals surface area (Å²) >= 11 is 0. The van der Waals surface area contributed by atoms with Crippen molar-refractivity contribution in [3.63, 3.8) is 0 Å². The van der Waals surface area contributed by atoms with Gasteiger partial charge in [-0.1, -0.05) is 89.9 Å². The monoisotopic (exact) mass is 1890 g/mol. The molecule has 7 aromatic carbocycles. The standard InChI is InChI=1S/C35H28N6O7.C25H17N5O5.C16H11N4O4.C15H9N4O4.3K.2H2O/c42-22-13-21-11-20(7-9-28(21)47-16-22)14-37-35(46)33-32-31(38-18-39-33)26(15-36-32)41-34(45)24-4-2-1-3-23(24)27(43)8-5-19-6-10-29-25(12-19)40-30(44)17-48-29;31-15-8-14-7-13(5-6-19(14)35-11-15)9-27-23(32)22-21-20(28-12-29-22)18(10-26-21)30-24(33)16-3-1-2-4-17(16)25(30)34;1-24-16(23)10-5-3-2-4-9(10)15(22)20-11-6-17-14-12(7-21)18-8-19-13(11)14;20-6-11-13-12(18-7-17-11)10(5-16-13)19-14(21)8-3-1-2-4-9(8)15(22)23;;;;;/h1-4,6-7,9-12,15,18,36H,5,8,13-14,16-17H2,(H,37,46)(H,40,44)(H,41,45);1-7,10,12,26H,8-9,11H2,(H,27,32);2-6,8,17H,1H3,(H,20,22);1-5,7,16H,(H,19,21)(H,22,23);;;;2*1H2/q;;2*-1;3*+1;;/p-3. The van der Waals surface area contributed by atoms with Crippen LogP contribution in [0.5, 0.6) is 17.2 Å². The second-order valence-corrected chi connectivity index (χ2v) is 28.9. The van der Waals surface area contributed by atoms with Gasteiger partial charge < -0.3 is 101 Å². The topological polar surface area (TPSA) is 618 Å². The number of imide groups is 1. The molecular weight excluding hydrogens is 1830 g/mol. The molecule has 4 aliphatic heterocycles. The number of fused-ring (bicyclic) bond motifs is 8. The van der Waals surface area contributed by atoms with E-state index in [0.29, 0.717) is 96.9 Å². The first kappa shape index (κ1) is 102. The zero-order chi connectivity index (χ0) is 90.8. The Kier molecular flexibility index (Phi) is 34.7. The van der Waals surface area contributed by atoms with Gasteiger partial charge in [0.2, 0.25) is 0 Å². The molecule has 0 unspecified atom stereocenters. The molecule has 0 fully saturated rings. The van der Waals surface area contributed by atoms with Crippen LogP contribution in [0.3, 0.4) is 0 Å². The number of aromatic nitrogens is 12. The summed E-state index contributed by atoms with van der Waals surface area (Å²) in [5.74, 6) is -4.12. The van der Waals surface area contributed by atoms with Crippen LogP contribution in [-0.4, -0.2) is 187 Å². The predicted molar refractivity (Wildman–Crippen MR) is 462 cm³/mol. The number of aromatic amines is 4. The zero-order valence-corrected chi connectivity index (χ0v) is 80.9. The first-order valence-electron chi connectivity index (χ1n) is 39.3. The van der Waals surface area contributed by atoms with Crippen LogP contribution in [0.15, 0.2) is 202 Å². The number of aryl methyl sites for hydroxylation is 1. The van der Waals surface area contributed by atoms with Crippen molar-refractivity contribution in [3.8, 4) is 17.2 Å². The average Bonchev–Trinajstić information content (AvgIpc) is 1.59. The van der Waals surface area contributed by atoms with Crippen molar-refractivity contribution < 1.29 is 261 Å². The molecule has 0 radical (unpaired) electrons. The van der Waals surface area contributed by atoms with E-state index in [1.165, 1.54) is 93.6 Å². The number of esters is 1. The number of nitrogens with zero attached hydrogens (tertiary/aromatic N) is 9. The molecular formula is C91H66K3N19O22-2. The van der Waals surface area contributed by atoms with E-state index < -0.39 is 53.3 Å². The number of nitrogens with one attached hydrogen (secondary N) is 10. The van der Waals surface area contributed by atoms with Crippen molar-refractivity contribution in [1.29, 1.82) is 0 Å². The molecule has 0 bridgehead atoms. The van der Waals surface area contributed by atoms with Crippen molar-refractivity contribution in [2.24, 2.45) is 0 Å². The summed E-state index contributed by atoms with van der Waals surface area (Å²) in [6.45, 7) is 0.498. The minimum absolute atomic E-state index is 0. The Morgan fingerprint density at radius 2 is 0.844 bits per heavy atom. The summed E-state index contributed by atoms with van der Waals surface area (Å²) in [5, 5.41) is 27.5. The number of hydrogen-bond donors (Lipinski definition) is 10. The molecule has 8 aromatic heterocycles. The number of ketones is 3. The molecule has 12 N–H and O–H groups in total. The summed E-state index contributed by atoms with van der Waals surface area (Å²) in [6, 6.07) is 41.3. The number of carbonyl (C=O) groups excluding carboxylic acids is 15. The number of anilines is 5. The van der Waals surface area contributed by atoms with E-state index in [1.807, 2.05) is 30.3 Å². The second-order valence-electron chi connectivity index (χ2n) is 28.9. The predicted octanol–water partition coefficient (Wildman–Crippen LogP) is -1.87. The van der Waals surface area contributed by atoms with Crippen molar-refractivity contribution in [2.45, 2.75) is 38.8 Å². The fourth-order valence-corrected chi connectivity index (χ4v) is 14.5. The van der Waals surface area contributed by atoms with E-state index in [1.54, 1.807) is 97.5 Å². The van der Waals surface area contributed by atoms with Crippen LogP contribution in [0.25, 0.3) is 44.1 Å². The van der Waals surface area contributed by atoms with E-state index in [4.69, 9.17) is 14.2 Å². The fraction of sp³-hybridized carbons (Fsp3) is 0.110. The van der Waals surface area contributed by atoms with Crippen LogP contribution in [0.4, 0.5) is 28.4 Å². The number of amides is 8. The molecule has 41 nitrogen and oxygen atoms in total. The molecule has 135 heavy (non-hydrogen) atoms. The fourth-order valence-electron chi connectivity index (χ4n) is 14.5. The molecule has 0 aliphatic carbocycles. The summed E-state index contributed by atoms with van der Waals surface area (Å²) in [5.41, 5.74) is 9.75. The molecule has 0 atom stereocenters. The van der Waals surface area contributed by atoms with Gasteiger partial charge in [0.05, 0.1) is 80.4 Å². The Labute approximate surface area is 888 Å². The molecule has 8 amide bonds. The minimum Gasteiger partial charge on any atom is -0.870 e. The second kappa shape index (κ2) is 46.0. The van der Waals surface area contributed by atoms with Gasteiger partial charge in [0.15, 0.2) is 35.3 Å². The van der Waals surface area contributed by atoms with Crippen molar-refractivity contribution >= 4 is 162 Å². The number of hydrogen-bond acceptors (Lipinski definition) is 30. The largest absolute Gasteiger partial charge is 1.00 e. The normalized spacial score (nSPS) is 12.2. The van der Waals surface area contributed by atoms with Crippen LogP contribution in [0.2, 0.25) is 0 Å². The SMILES string of the molecule is COC(=O)c1ccccc1C(=O)Nc1c[nH]c2c([C-]=O)ncnc12.O=C1COc2ccc(CNC(=O)c3ncnc4c(N5C(=O)c6ccccc6C5=O)c[nH]c34)cc2C1.O=C1COc2ccc(CNC(=O)c3ncnc4c(NC(=O)c5ccccc5C(=O)CCc5ccc6c(c5)NC(=O)CO6)c[nH]c34)cc2C1.O=[C-]c1ncnc2c(NC(=O)c3ccccc3C(=O)[O-])c[nH]c12.[K+].[K+].[K+].[OH-].[OH-]. The molecule has 12 heterocycles. The van der Waals surface area contributed by atoms with Crippen LogP contribution in [-0.2, 0) is 61.1 Å². The molecule has 44 heteroatoms. The maximum absolute atomic E-state index is 13.5. The van der Waals surface area contributed by atoms with Crippen molar-refractivity contribution in [2.75, 3.05) is 53.1 Å². The van der Waals surface area contributed by atoms with Crippen molar-refractivity contribution in [3.05, 3.63) is 297 Å². The number of rotatable bonds is 21. The Balaban J connectivity index is 0.000000179. The van der Waals surface area contributed by atoms with Gasteiger partial charge in [-0.2, -0.15) is 0 Å². The van der Waals surface area contributed by atoms with Crippen LogP contribution >= 0.6 is 0 Å². The number of H-pyrrole nitrogens is 4. The maximum atomic E-state index is 13.5. The third kappa shape index (κ3) is 22.6. The Morgan fingerprint density at radius 3 is 1.33 bits per heavy atom. The molecule has 0 spiro atoms. The first-order chi connectivity index (χ1) is 63.1. The number of benzene rings is 7. The molecule has 19 rings (SSSR count). The Bertz CT molecular complexity index is 7230. The average molecular weight is 1890 g/mol. The number of aromatic carboxylic acids is 1. The molecule has 15 aromatic rings. The maximum Gasteiger partial charge on any atom is 1.00 e. The van der Waals surface area contributed by atoms with Gasteiger partial charge in [-0.15, -0.1) is 0 Å². The number of carboxylic acid groups (broad SMARTS) is 1. The van der Waals surface area contributed by atoms with Crippen molar-refractivity contribution in [1.82, 2.24) is 70.4 Å². The third-order valence-corrected chi connectivity index (χ3v) is 20.7. The van der Waals surface area contributed by atoms with Crippen LogP contribution in [0, 0.1) is 0 Å². The van der Waals surface area contributed by atoms with E-state index >= 15 is 0 Å². The molecule has 0 saturated carbocycles. The van der Waals surface area contributed by atoms with E-state index in [9.17, 15) is 77.0 Å². The number of carbonyl (C=O) groups is 13. The van der Waals surface area contributed by atoms with Crippen LogP contribution < -0.4 is 210 Å². The van der Waals surface area contributed by atoms with E-state index in [0.717, 1.165) is 32.7 Å². The molecule has 662 valence electrons. The quantitative estimate of drug-likeness (QED) is 0.0124. The van der Waals surface area contributed by atoms with Gasteiger partial charge >= 0.3 is 160 Å². The van der Waals surface area contributed by atoms with E-state index in [-0.39, 0.29) is 307 Å². The third-order valence-electron chi connectivity index (χ3n) is 20.7. The number of carboxylic acids is 1. The number of methoxy groups -OCH3 is 1. The smallest absolute Gasteiger partial charge is 0.870 e. The van der Waals surface area contributed by atoms with Gasteiger partial charge in [0, 0.05) is 109 Å². The minimum atomic E-state index is -1.45. The summed E-state index contributed by atoms with van der Waals surface area (Å²) in [7, 11) is 1.24. The van der Waals surface area contributed by atoms with Gasteiger partial charge in [-0.3, -0.25) is 72.7 Å². The number of Topliss-reactive ketones (excluding diaryl/α,β-unsaturated/α-hetero) is 3. The van der Waals surface area contributed by atoms with Gasteiger partial charge in [-0.25, -0.2) is 29.6 Å². The Hall–Kier alpha value is -13.5. The van der Waals surface area contributed by atoms with E-state index in [2.05, 4.69) is 96.4 Å². The molecule has 4 aliphatic rings. The molecule has 0 saturated heterocycles.